The second kappa shape index (κ2) is 6.44. The number of alkyl halides is 2. The number of rotatable bonds is 6. The Balaban J connectivity index is 1.87. The Morgan fingerprint density at radius 2 is 2.15 bits per heavy atom. The van der Waals surface area contributed by atoms with E-state index in [2.05, 4.69) is 0 Å². The van der Waals surface area contributed by atoms with Gasteiger partial charge in [-0.1, -0.05) is 11.8 Å². The Labute approximate surface area is 121 Å². The van der Waals surface area contributed by atoms with Crippen LogP contribution in [-0.2, 0) is 22.1 Å². The monoisotopic (exact) mass is 325 g/mol. The summed E-state index contributed by atoms with van der Waals surface area (Å²) in [6.45, 7) is 0.486. The smallest absolute Gasteiger partial charge is 0.284 e. The van der Waals surface area contributed by atoms with Crippen molar-refractivity contribution in [3.8, 4) is 0 Å². The van der Waals surface area contributed by atoms with Crippen molar-refractivity contribution in [2.45, 2.75) is 30.5 Å². The van der Waals surface area contributed by atoms with Gasteiger partial charge in [0.25, 0.3) is 5.76 Å². The first kappa shape index (κ1) is 15.8. The lowest BCUT2D eigenvalue weighted by Crippen LogP contribution is -2.31. The summed E-state index contributed by atoms with van der Waals surface area (Å²) in [5, 5.41) is 0. The van der Waals surface area contributed by atoms with E-state index in [0.29, 0.717) is 36.2 Å². The first-order chi connectivity index (χ1) is 9.35. The molecule has 20 heavy (non-hydrogen) atoms. The van der Waals surface area contributed by atoms with Gasteiger partial charge in [-0.3, -0.25) is 4.90 Å². The van der Waals surface area contributed by atoms with Gasteiger partial charge in [0.15, 0.2) is 9.84 Å². The van der Waals surface area contributed by atoms with Crippen molar-refractivity contribution in [3.63, 3.8) is 0 Å². The van der Waals surface area contributed by atoms with Crippen LogP contribution in [0.4, 0.5) is 8.78 Å². The van der Waals surface area contributed by atoms with Gasteiger partial charge in [0.05, 0.1) is 23.8 Å². The number of nitrogens with zero attached hydrogens (tertiary/aromatic N) is 1. The van der Waals surface area contributed by atoms with E-state index in [4.69, 9.17) is 4.42 Å². The molecule has 0 aliphatic carbocycles. The van der Waals surface area contributed by atoms with Crippen LogP contribution in [-0.4, -0.2) is 43.7 Å². The lowest BCUT2D eigenvalue weighted by Gasteiger charge is -2.21. The summed E-state index contributed by atoms with van der Waals surface area (Å²) in [5.41, 5.74) is 0. The second-order valence-corrected chi connectivity index (χ2v) is 8.12. The highest BCUT2D eigenvalue weighted by molar-refractivity contribution is 7.98. The SMILES string of the molecule is CN(Cc1ccc(CSC(F)F)o1)[C@H]1CCS(=O)(=O)C1. The van der Waals surface area contributed by atoms with Crippen LogP contribution in [0.2, 0.25) is 0 Å². The molecule has 1 aromatic rings. The maximum absolute atomic E-state index is 12.1. The van der Waals surface area contributed by atoms with Crippen LogP contribution < -0.4 is 0 Å². The van der Waals surface area contributed by atoms with Crippen LogP contribution in [0.1, 0.15) is 17.9 Å². The summed E-state index contributed by atoms with van der Waals surface area (Å²) in [6, 6.07) is 3.44. The minimum Gasteiger partial charge on any atom is -0.464 e. The van der Waals surface area contributed by atoms with Crippen LogP contribution in [0.15, 0.2) is 16.5 Å². The van der Waals surface area contributed by atoms with Crippen molar-refractivity contribution in [1.82, 2.24) is 4.90 Å². The molecule has 1 fully saturated rings. The van der Waals surface area contributed by atoms with Gasteiger partial charge in [-0.25, -0.2) is 8.42 Å². The molecular weight excluding hydrogens is 308 g/mol. The average molecular weight is 325 g/mol. The predicted octanol–water partition coefficient (Wildman–Crippen LogP) is 2.35. The third kappa shape index (κ3) is 4.46. The van der Waals surface area contributed by atoms with Crippen LogP contribution in [0.3, 0.4) is 0 Å². The van der Waals surface area contributed by atoms with Crippen molar-refractivity contribution >= 4 is 21.6 Å². The van der Waals surface area contributed by atoms with Gasteiger partial charge in [0.2, 0.25) is 0 Å². The minimum atomic E-state index is -2.90. The quantitative estimate of drug-likeness (QED) is 0.803. The number of furan rings is 1. The van der Waals surface area contributed by atoms with Gasteiger partial charge in [0.1, 0.15) is 11.5 Å². The third-order valence-electron chi connectivity index (χ3n) is 3.31. The molecule has 0 N–H and O–H groups in total. The average Bonchev–Trinajstić information content (AvgIpc) is 2.93. The van der Waals surface area contributed by atoms with E-state index >= 15 is 0 Å². The fourth-order valence-corrected chi connectivity index (χ4v) is 4.48. The normalized spacial score (nSPS) is 21.9. The largest absolute Gasteiger partial charge is 0.464 e. The molecule has 4 nitrogen and oxygen atoms in total. The number of hydrogen-bond donors (Lipinski definition) is 0. The van der Waals surface area contributed by atoms with E-state index in [1.54, 1.807) is 12.1 Å². The third-order valence-corrected chi connectivity index (χ3v) is 5.76. The lowest BCUT2D eigenvalue weighted by molar-refractivity contribution is 0.232. The number of hydrogen-bond acceptors (Lipinski definition) is 5. The van der Waals surface area contributed by atoms with E-state index in [1.807, 2.05) is 11.9 Å². The van der Waals surface area contributed by atoms with E-state index in [-0.39, 0.29) is 23.3 Å². The molecule has 0 aromatic carbocycles. The van der Waals surface area contributed by atoms with Crippen LogP contribution in [0, 0.1) is 0 Å². The molecular formula is C12H17F2NO3S2. The highest BCUT2D eigenvalue weighted by Gasteiger charge is 2.30. The summed E-state index contributed by atoms with van der Waals surface area (Å²) in [5.74, 6) is -0.678. The highest BCUT2D eigenvalue weighted by Crippen LogP contribution is 2.23. The molecule has 1 saturated heterocycles. The molecule has 0 saturated carbocycles. The molecule has 0 radical (unpaired) electrons. The van der Waals surface area contributed by atoms with Crippen molar-refractivity contribution in [2.24, 2.45) is 0 Å². The van der Waals surface area contributed by atoms with Gasteiger partial charge < -0.3 is 4.42 Å². The molecule has 0 unspecified atom stereocenters. The van der Waals surface area contributed by atoms with Gasteiger partial charge in [-0.15, -0.1) is 0 Å². The maximum atomic E-state index is 12.1. The number of halogens is 2. The van der Waals surface area contributed by atoms with Crippen LogP contribution >= 0.6 is 11.8 Å². The number of sulfone groups is 1. The zero-order valence-electron chi connectivity index (χ0n) is 11.1. The van der Waals surface area contributed by atoms with Crippen molar-refractivity contribution in [3.05, 3.63) is 23.7 Å². The molecule has 0 spiro atoms. The van der Waals surface area contributed by atoms with E-state index in [0.717, 1.165) is 0 Å². The Kier molecular flexibility index (Phi) is 5.09. The summed E-state index contributed by atoms with van der Waals surface area (Å²) < 4.78 is 52.5. The summed E-state index contributed by atoms with van der Waals surface area (Å²) in [6.07, 6.45) is 0.633. The Morgan fingerprint density at radius 3 is 2.75 bits per heavy atom. The Hall–Kier alpha value is -0.600. The highest BCUT2D eigenvalue weighted by atomic mass is 32.2. The molecule has 8 heteroatoms. The summed E-state index contributed by atoms with van der Waals surface area (Å²) >= 11 is 0.522. The molecule has 1 atom stereocenters. The zero-order chi connectivity index (χ0) is 14.8. The van der Waals surface area contributed by atoms with Gasteiger partial charge in [-0.05, 0) is 25.6 Å². The minimum absolute atomic E-state index is 0.00369. The first-order valence-corrected chi connectivity index (χ1v) is 9.11. The Bertz CT molecular complexity index is 545. The zero-order valence-corrected chi connectivity index (χ0v) is 12.7. The fourth-order valence-electron chi connectivity index (χ4n) is 2.23. The molecule has 0 bridgehead atoms. The van der Waals surface area contributed by atoms with E-state index < -0.39 is 15.6 Å². The molecule has 0 amide bonds. The molecule has 1 aromatic heterocycles. The predicted molar refractivity (Wildman–Crippen MR) is 74.5 cm³/mol. The van der Waals surface area contributed by atoms with E-state index in [1.165, 1.54) is 0 Å². The molecule has 1 aliphatic rings. The second-order valence-electron chi connectivity index (χ2n) is 4.91. The van der Waals surface area contributed by atoms with Gasteiger partial charge >= 0.3 is 0 Å². The number of thioether (sulfide) groups is 1. The molecule has 2 heterocycles. The van der Waals surface area contributed by atoms with Crippen molar-refractivity contribution < 1.29 is 21.6 Å². The molecule has 2 rings (SSSR count). The first-order valence-electron chi connectivity index (χ1n) is 6.24. The fraction of sp³-hybridized carbons (Fsp3) is 0.667. The van der Waals surface area contributed by atoms with Crippen molar-refractivity contribution in [1.29, 1.82) is 0 Å². The van der Waals surface area contributed by atoms with Crippen LogP contribution in [0.25, 0.3) is 0 Å². The molecule has 114 valence electrons. The molecule has 1 aliphatic heterocycles. The van der Waals surface area contributed by atoms with Crippen LogP contribution in [0.5, 0.6) is 0 Å². The Morgan fingerprint density at radius 1 is 1.45 bits per heavy atom. The van der Waals surface area contributed by atoms with Crippen molar-refractivity contribution in [2.75, 3.05) is 18.6 Å². The van der Waals surface area contributed by atoms with Gasteiger partial charge in [0, 0.05) is 6.04 Å². The summed E-state index contributed by atoms with van der Waals surface area (Å²) in [4.78, 5) is 1.94. The van der Waals surface area contributed by atoms with Gasteiger partial charge in [-0.2, -0.15) is 8.78 Å². The summed E-state index contributed by atoms with van der Waals surface area (Å²) in [7, 11) is -1.06. The van der Waals surface area contributed by atoms with E-state index in [9.17, 15) is 17.2 Å². The topological polar surface area (TPSA) is 50.5 Å². The maximum Gasteiger partial charge on any atom is 0.284 e. The lowest BCUT2D eigenvalue weighted by atomic mass is 10.2. The standard InChI is InChI=1S/C12H17F2NO3S2/c1-15(9-4-5-20(16,17)8-9)6-10-2-3-11(18-10)7-19-12(13)14/h2-3,9,12H,4-8H2,1H3/t9-/m0/s1.